The van der Waals surface area contributed by atoms with Crippen molar-refractivity contribution < 1.29 is 13.6 Å². The normalized spacial score (nSPS) is 18.8. The molecular formula is C27H30F2N4O. The third-order valence-corrected chi connectivity index (χ3v) is 6.98. The van der Waals surface area contributed by atoms with E-state index in [1.165, 1.54) is 32.0 Å². The molecule has 0 aliphatic carbocycles. The molecule has 0 spiro atoms. The van der Waals surface area contributed by atoms with Crippen LogP contribution >= 0.6 is 0 Å². The first-order valence-electron chi connectivity index (χ1n) is 12.2. The van der Waals surface area contributed by atoms with Crippen LogP contribution in [0.25, 0.3) is 22.2 Å². The summed E-state index contributed by atoms with van der Waals surface area (Å²) in [5, 5.41) is 4.32. The number of amides is 1. The second-order valence-electron chi connectivity index (χ2n) is 9.25. The number of nitrogens with zero attached hydrogens (tertiary/aromatic N) is 3. The van der Waals surface area contributed by atoms with Gasteiger partial charge in [-0.2, -0.15) is 0 Å². The van der Waals surface area contributed by atoms with Gasteiger partial charge in [-0.15, -0.1) is 0 Å². The first-order chi connectivity index (χ1) is 16.6. The topological polar surface area (TPSA) is 48.5 Å². The number of carbonyl (C=O) groups is 1. The predicted octanol–water partition coefficient (Wildman–Crippen LogP) is 4.47. The lowest BCUT2D eigenvalue weighted by Gasteiger charge is -2.26. The summed E-state index contributed by atoms with van der Waals surface area (Å²) in [6.45, 7) is 5.84. The fourth-order valence-electron chi connectivity index (χ4n) is 5.14. The number of hydrogen-bond acceptors (Lipinski definition) is 4. The van der Waals surface area contributed by atoms with Gasteiger partial charge in [0.05, 0.1) is 16.8 Å². The molecule has 0 radical (unpaired) electrons. The van der Waals surface area contributed by atoms with Crippen molar-refractivity contribution in [2.45, 2.75) is 31.7 Å². The number of aromatic nitrogens is 1. The van der Waals surface area contributed by atoms with E-state index in [4.69, 9.17) is 0 Å². The summed E-state index contributed by atoms with van der Waals surface area (Å²) in [6.07, 6.45) is 4.53. The second kappa shape index (κ2) is 10.2. The molecular weight excluding hydrogens is 434 g/mol. The van der Waals surface area contributed by atoms with Crippen LogP contribution in [0, 0.1) is 11.6 Å². The molecule has 178 valence electrons. The van der Waals surface area contributed by atoms with Gasteiger partial charge in [0, 0.05) is 43.2 Å². The van der Waals surface area contributed by atoms with Crippen LogP contribution in [0.15, 0.2) is 48.5 Å². The summed E-state index contributed by atoms with van der Waals surface area (Å²) in [5.41, 5.74) is 2.11. The summed E-state index contributed by atoms with van der Waals surface area (Å²) in [5.74, 6) is -1.87. The lowest BCUT2D eigenvalue weighted by atomic mass is 10.0. The molecule has 3 aromatic rings. The largest absolute Gasteiger partial charge is 0.334 e. The van der Waals surface area contributed by atoms with Crippen molar-refractivity contribution in [2.75, 3.05) is 39.3 Å². The van der Waals surface area contributed by atoms with E-state index in [0.29, 0.717) is 28.9 Å². The standard InChI is InChI=1S/C27H30F2N4O/c28-23-10-9-19(16-24(23)29)26-17-22(21-7-1-2-8-25(21)31-26)27(34)33-14-5-6-20(33)18-30-11-15-32-12-3-4-13-32/h1-2,7-10,16-17,20,30H,3-6,11-15,18H2. The predicted molar refractivity (Wildman–Crippen MR) is 130 cm³/mol. The fraction of sp³-hybridized carbons (Fsp3) is 0.407. The second-order valence-corrected chi connectivity index (χ2v) is 9.25. The zero-order valence-electron chi connectivity index (χ0n) is 19.3. The van der Waals surface area contributed by atoms with Crippen LogP contribution in [0.2, 0.25) is 0 Å². The molecule has 2 aromatic carbocycles. The maximum Gasteiger partial charge on any atom is 0.254 e. The highest BCUT2D eigenvalue weighted by atomic mass is 19.2. The summed E-state index contributed by atoms with van der Waals surface area (Å²) in [4.78, 5) is 22.8. The zero-order chi connectivity index (χ0) is 23.5. The average Bonchev–Trinajstić information content (AvgIpc) is 3.54. The molecule has 2 aliphatic heterocycles. The van der Waals surface area contributed by atoms with E-state index in [2.05, 4.69) is 15.2 Å². The van der Waals surface area contributed by atoms with Crippen LogP contribution in [0.4, 0.5) is 8.78 Å². The minimum Gasteiger partial charge on any atom is -0.334 e. The number of nitrogens with one attached hydrogen (secondary N) is 1. The summed E-state index contributed by atoms with van der Waals surface area (Å²) >= 11 is 0. The molecule has 1 amide bonds. The van der Waals surface area contributed by atoms with E-state index in [1.807, 2.05) is 29.2 Å². The Bertz CT molecular complexity index is 1180. The highest BCUT2D eigenvalue weighted by molar-refractivity contribution is 6.07. The van der Waals surface area contributed by atoms with Crippen molar-refractivity contribution in [3.05, 3.63) is 65.7 Å². The average molecular weight is 465 g/mol. The number of para-hydroxylation sites is 1. The van der Waals surface area contributed by atoms with Crippen molar-refractivity contribution in [2.24, 2.45) is 0 Å². The van der Waals surface area contributed by atoms with Gasteiger partial charge in [-0.1, -0.05) is 18.2 Å². The minimum atomic E-state index is -0.931. The highest BCUT2D eigenvalue weighted by Crippen LogP contribution is 2.29. The third-order valence-electron chi connectivity index (χ3n) is 6.98. The Hall–Kier alpha value is -2.90. The van der Waals surface area contributed by atoms with E-state index in [-0.39, 0.29) is 11.9 Å². The van der Waals surface area contributed by atoms with E-state index in [9.17, 15) is 13.6 Å². The van der Waals surface area contributed by atoms with Gasteiger partial charge in [-0.25, -0.2) is 13.8 Å². The number of fused-ring (bicyclic) bond motifs is 1. The van der Waals surface area contributed by atoms with Crippen LogP contribution in [-0.2, 0) is 0 Å². The number of carbonyl (C=O) groups excluding carboxylic acids is 1. The molecule has 1 atom stereocenters. The molecule has 2 saturated heterocycles. The van der Waals surface area contributed by atoms with Gasteiger partial charge >= 0.3 is 0 Å². The zero-order valence-corrected chi connectivity index (χ0v) is 19.3. The third kappa shape index (κ3) is 4.81. The van der Waals surface area contributed by atoms with Crippen molar-refractivity contribution >= 4 is 16.8 Å². The minimum absolute atomic E-state index is 0.0359. The first kappa shape index (κ1) is 22.9. The van der Waals surface area contributed by atoms with Crippen LogP contribution in [-0.4, -0.2) is 66.0 Å². The molecule has 3 heterocycles. The van der Waals surface area contributed by atoms with E-state index in [0.717, 1.165) is 50.0 Å². The maximum atomic E-state index is 13.9. The molecule has 2 fully saturated rings. The highest BCUT2D eigenvalue weighted by Gasteiger charge is 2.30. The molecule has 1 N–H and O–H groups in total. The Morgan fingerprint density at radius 3 is 2.65 bits per heavy atom. The first-order valence-corrected chi connectivity index (χ1v) is 12.2. The Balaban J connectivity index is 1.37. The molecule has 1 aromatic heterocycles. The summed E-state index contributed by atoms with van der Waals surface area (Å²) < 4.78 is 27.4. The SMILES string of the molecule is O=C(c1cc(-c2ccc(F)c(F)c2)nc2ccccc12)N1CCCC1CNCCN1CCCC1. The van der Waals surface area contributed by atoms with Gasteiger partial charge < -0.3 is 15.1 Å². The van der Waals surface area contributed by atoms with E-state index >= 15 is 0 Å². The van der Waals surface area contributed by atoms with E-state index in [1.54, 1.807) is 6.07 Å². The van der Waals surface area contributed by atoms with Crippen molar-refractivity contribution in [3.8, 4) is 11.3 Å². The van der Waals surface area contributed by atoms with Crippen molar-refractivity contribution in [3.63, 3.8) is 0 Å². The molecule has 34 heavy (non-hydrogen) atoms. The van der Waals surface area contributed by atoms with Gasteiger partial charge in [0.25, 0.3) is 5.91 Å². The number of halogens is 2. The van der Waals surface area contributed by atoms with Crippen molar-refractivity contribution in [1.82, 2.24) is 20.1 Å². The van der Waals surface area contributed by atoms with Gasteiger partial charge in [0.15, 0.2) is 11.6 Å². The number of hydrogen-bond donors (Lipinski definition) is 1. The Labute approximate surface area is 198 Å². The maximum absolute atomic E-state index is 13.9. The molecule has 5 nitrogen and oxygen atoms in total. The fourth-order valence-corrected chi connectivity index (χ4v) is 5.14. The number of rotatable bonds is 7. The Morgan fingerprint density at radius 2 is 1.82 bits per heavy atom. The smallest absolute Gasteiger partial charge is 0.254 e. The van der Waals surface area contributed by atoms with Gasteiger partial charge in [0.1, 0.15) is 0 Å². The molecule has 5 rings (SSSR count). The monoisotopic (exact) mass is 464 g/mol. The van der Waals surface area contributed by atoms with Gasteiger partial charge in [-0.05, 0) is 69.1 Å². The van der Waals surface area contributed by atoms with E-state index < -0.39 is 11.6 Å². The molecule has 7 heteroatoms. The summed E-state index contributed by atoms with van der Waals surface area (Å²) in [6, 6.07) is 13.1. The number of likely N-dealkylation sites (tertiary alicyclic amines) is 2. The van der Waals surface area contributed by atoms with Crippen LogP contribution in [0.1, 0.15) is 36.0 Å². The molecule has 0 saturated carbocycles. The molecule has 2 aliphatic rings. The van der Waals surface area contributed by atoms with Gasteiger partial charge in [0.2, 0.25) is 0 Å². The lowest BCUT2D eigenvalue weighted by molar-refractivity contribution is 0.0737. The van der Waals surface area contributed by atoms with Crippen molar-refractivity contribution in [1.29, 1.82) is 0 Å². The number of benzene rings is 2. The molecule has 1 unspecified atom stereocenters. The summed E-state index contributed by atoms with van der Waals surface area (Å²) in [7, 11) is 0. The van der Waals surface area contributed by atoms with Crippen LogP contribution in [0.5, 0.6) is 0 Å². The van der Waals surface area contributed by atoms with Crippen LogP contribution in [0.3, 0.4) is 0 Å². The van der Waals surface area contributed by atoms with Crippen LogP contribution < -0.4 is 5.32 Å². The molecule has 0 bridgehead atoms. The lowest BCUT2D eigenvalue weighted by Crippen LogP contribution is -2.43. The Morgan fingerprint density at radius 1 is 1.00 bits per heavy atom. The number of pyridine rings is 1. The van der Waals surface area contributed by atoms with Gasteiger partial charge in [-0.3, -0.25) is 4.79 Å². The quantitative estimate of drug-likeness (QED) is 0.524. The Kier molecular flexibility index (Phi) is 6.83.